The van der Waals surface area contributed by atoms with E-state index in [2.05, 4.69) is 9.88 Å². The van der Waals surface area contributed by atoms with Crippen molar-refractivity contribution in [2.24, 2.45) is 0 Å². The summed E-state index contributed by atoms with van der Waals surface area (Å²) in [6, 6.07) is 3.99. The molecule has 0 aliphatic carbocycles. The first kappa shape index (κ1) is 32.4. The third kappa shape index (κ3) is 5.21. The molecule has 2 aromatic carbocycles. The number of carbonyl (C=O) groups is 1. The van der Waals surface area contributed by atoms with Crippen molar-refractivity contribution >= 4 is 60.7 Å². The van der Waals surface area contributed by atoms with Gasteiger partial charge in [0.15, 0.2) is 11.6 Å². The molecule has 3 aliphatic rings. The van der Waals surface area contributed by atoms with Crippen LogP contribution >= 0.6 is 22.9 Å². The Labute approximate surface area is 281 Å². The molecule has 0 unspecified atom stereocenters. The number of hydrogen-bond acceptors (Lipinski definition) is 10. The number of anilines is 2. The fourth-order valence-corrected chi connectivity index (χ4v) is 8.48. The zero-order valence-corrected chi connectivity index (χ0v) is 27.5. The predicted octanol–water partition coefficient (Wildman–Crippen LogP) is 5.82. The molecule has 10 nitrogen and oxygen atoms in total. The number of nitrogens with zero attached hydrogens (tertiary/aromatic N) is 6. The van der Waals surface area contributed by atoms with E-state index in [1.165, 1.54) is 6.07 Å². The van der Waals surface area contributed by atoms with E-state index in [1.54, 1.807) is 4.90 Å². The minimum atomic E-state index is -3.14. The number of likely N-dealkylation sites (N-methyl/N-ethyl adjacent to an activating group) is 1. The Hall–Kier alpha value is -4.13. The lowest BCUT2D eigenvalue weighted by Crippen LogP contribution is -2.42. The summed E-state index contributed by atoms with van der Waals surface area (Å²) in [5.74, 6) is -2.49. The van der Waals surface area contributed by atoms with Crippen LogP contribution < -0.4 is 20.1 Å². The van der Waals surface area contributed by atoms with E-state index in [-0.39, 0.29) is 104 Å². The summed E-state index contributed by atoms with van der Waals surface area (Å²) >= 11 is 7.84. The van der Waals surface area contributed by atoms with Crippen LogP contribution in [-0.4, -0.2) is 90.1 Å². The van der Waals surface area contributed by atoms with Crippen molar-refractivity contribution in [3.63, 3.8) is 0 Å². The van der Waals surface area contributed by atoms with Crippen molar-refractivity contribution in [1.29, 1.82) is 5.26 Å². The van der Waals surface area contributed by atoms with Crippen molar-refractivity contribution in [2.75, 3.05) is 50.5 Å². The topological polar surface area (TPSA) is 121 Å². The molecular weight excluding hydrogens is 674 g/mol. The Morgan fingerprint density at radius 2 is 2.00 bits per heavy atom. The number of nitriles is 1. The molecule has 2 N–H and O–H groups in total. The molecule has 4 aromatic rings. The second kappa shape index (κ2) is 12.4. The van der Waals surface area contributed by atoms with Crippen LogP contribution in [0.1, 0.15) is 31.7 Å². The van der Waals surface area contributed by atoms with E-state index in [0.29, 0.717) is 6.42 Å². The number of rotatable bonds is 6. The van der Waals surface area contributed by atoms with E-state index in [9.17, 15) is 23.2 Å². The minimum Gasteiger partial charge on any atom is -0.489 e. The first-order chi connectivity index (χ1) is 23.0. The molecule has 0 spiro atoms. The largest absolute Gasteiger partial charge is 0.489 e. The number of ether oxygens (including phenoxy) is 2. The van der Waals surface area contributed by atoms with Gasteiger partial charge < -0.3 is 25.0 Å². The fraction of sp³-hybridized carbons (Fsp3) is 0.438. The van der Waals surface area contributed by atoms with Gasteiger partial charge >= 0.3 is 12.4 Å². The van der Waals surface area contributed by atoms with Crippen LogP contribution in [-0.2, 0) is 4.79 Å². The quantitative estimate of drug-likeness (QED) is 0.248. The summed E-state index contributed by atoms with van der Waals surface area (Å²) in [7, 11) is 1.99. The third-order valence-corrected chi connectivity index (χ3v) is 10.9. The predicted molar refractivity (Wildman–Crippen MR) is 174 cm³/mol. The van der Waals surface area contributed by atoms with Crippen LogP contribution in [0, 0.1) is 23.0 Å². The molecular formula is C32H30ClF4N7O3S. The van der Waals surface area contributed by atoms with Gasteiger partial charge in [-0.05, 0) is 51.4 Å². The molecule has 0 radical (unpaired) electrons. The number of carbonyl (C=O) groups excluding carboxylic acids is 1. The highest BCUT2D eigenvalue weighted by Crippen LogP contribution is 2.51. The van der Waals surface area contributed by atoms with Gasteiger partial charge in [-0.3, -0.25) is 9.69 Å². The van der Waals surface area contributed by atoms with Crippen molar-refractivity contribution in [1.82, 2.24) is 19.8 Å². The van der Waals surface area contributed by atoms with Gasteiger partial charge in [0.05, 0.1) is 27.2 Å². The molecule has 2 fully saturated rings. The molecule has 48 heavy (non-hydrogen) atoms. The highest BCUT2D eigenvalue weighted by Gasteiger charge is 2.38. The molecule has 16 heteroatoms. The number of halogens is 5. The summed E-state index contributed by atoms with van der Waals surface area (Å²) in [6.07, 6.45) is -1.28. The smallest absolute Gasteiger partial charge is 0.319 e. The Morgan fingerprint density at radius 1 is 1.21 bits per heavy atom. The number of nitrogen functional groups attached to an aromatic ring is 1. The molecule has 252 valence electrons. The average molecular weight is 704 g/mol. The molecule has 2 aromatic heterocycles. The Bertz CT molecular complexity index is 2010. The number of fused-ring (bicyclic) bond motifs is 1. The zero-order valence-electron chi connectivity index (χ0n) is 25.9. The molecule has 2 saturated heterocycles. The summed E-state index contributed by atoms with van der Waals surface area (Å²) in [6.45, 7) is 3.14. The van der Waals surface area contributed by atoms with Crippen LogP contribution in [0.25, 0.3) is 32.1 Å². The van der Waals surface area contributed by atoms with Gasteiger partial charge in [0.25, 0.3) is 5.91 Å². The van der Waals surface area contributed by atoms with Crippen molar-refractivity contribution in [3.8, 4) is 29.0 Å². The summed E-state index contributed by atoms with van der Waals surface area (Å²) in [5.41, 5.74) is 5.82. The van der Waals surface area contributed by atoms with Crippen LogP contribution in [0.4, 0.5) is 28.4 Å². The van der Waals surface area contributed by atoms with E-state index >= 15 is 4.39 Å². The Kier molecular flexibility index (Phi) is 8.37. The number of amides is 1. The number of thiophene rings is 1. The maximum atomic E-state index is 17.1. The number of alkyl halides is 2. The molecule has 0 bridgehead atoms. The first-order valence-electron chi connectivity index (χ1n) is 15.5. The van der Waals surface area contributed by atoms with E-state index < -0.39 is 30.0 Å². The molecule has 3 aliphatic heterocycles. The van der Waals surface area contributed by atoms with Gasteiger partial charge in [0.1, 0.15) is 40.9 Å². The van der Waals surface area contributed by atoms with Gasteiger partial charge in [-0.15, -0.1) is 11.3 Å². The SMILES string of the molecule is C[C@H](Oc1nc2c3c(c(Cl)c(-c4ccc(F)c5sc(N)c(C#N)c45)c(F)c3n1)OCCN2[C@@H]1CCN(C(=O)C(F)F)C1)[C@@H]1CCCN1C. The average Bonchev–Trinajstić information content (AvgIpc) is 3.77. The molecule has 1 amide bonds. The lowest BCUT2D eigenvalue weighted by molar-refractivity contribution is -0.141. The fourth-order valence-electron chi connectivity index (χ4n) is 7.19. The minimum absolute atomic E-state index is 0.00182. The van der Waals surface area contributed by atoms with E-state index in [1.807, 2.05) is 20.0 Å². The van der Waals surface area contributed by atoms with Crippen LogP contribution in [0.15, 0.2) is 12.1 Å². The molecule has 0 saturated carbocycles. The zero-order chi connectivity index (χ0) is 34.0. The van der Waals surface area contributed by atoms with Crippen molar-refractivity contribution in [2.45, 2.75) is 50.8 Å². The number of nitrogens with two attached hydrogens (primary N) is 1. The number of benzene rings is 2. The first-order valence-corrected chi connectivity index (χ1v) is 16.7. The highest BCUT2D eigenvalue weighted by molar-refractivity contribution is 7.23. The summed E-state index contributed by atoms with van der Waals surface area (Å²) in [4.78, 5) is 26.5. The van der Waals surface area contributed by atoms with E-state index in [4.69, 9.17) is 31.8 Å². The Morgan fingerprint density at radius 3 is 2.71 bits per heavy atom. The highest BCUT2D eigenvalue weighted by atomic mass is 35.5. The van der Waals surface area contributed by atoms with Gasteiger partial charge in [-0.1, -0.05) is 17.7 Å². The van der Waals surface area contributed by atoms with Gasteiger partial charge in [-0.25, -0.2) is 8.78 Å². The maximum absolute atomic E-state index is 17.1. The molecule has 5 heterocycles. The molecule has 3 atom stereocenters. The molecule has 7 rings (SSSR count). The number of aromatic nitrogens is 2. The van der Waals surface area contributed by atoms with Gasteiger partial charge in [-0.2, -0.15) is 24.0 Å². The van der Waals surface area contributed by atoms with Crippen LogP contribution in [0.5, 0.6) is 11.8 Å². The van der Waals surface area contributed by atoms with Crippen molar-refractivity contribution < 1.29 is 31.8 Å². The lowest BCUT2D eigenvalue weighted by atomic mass is 9.96. The van der Waals surface area contributed by atoms with E-state index in [0.717, 1.165) is 41.7 Å². The van der Waals surface area contributed by atoms with Crippen molar-refractivity contribution in [3.05, 3.63) is 34.4 Å². The summed E-state index contributed by atoms with van der Waals surface area (Å²) in [5, 5.41) is 10.1. The lowest BCUT2D eigenvalue weighted by Gasteiger charge is -2.30. The number of hydrogen-bond donors (Lipinski definition) is 1. The second-order valence-electron chi connectivity index (χ2n) is 12.2. The normalized spacial score (nSPS) is 20.4. The maximum Gasteiger partial charge on any atom is 0.319 e. The second-order valence-corrected chi connectivity index (χ2v) is 13.7. The Balaban J connectivity index is 1.44. The van der Waals surface area contributed by atoms with Gasteiger partial charge in [0, 0.05) is 36.1 Å². The number of likely N-dealkylation sites (tertiary alicyclic amines) is 2. The van der Waals surface area contributed by atoms with Gasteiger partial charge in [0.2, 0.25) is 0 Å². The van der Waals surface area contributed by atoms with Crippen LogP contribution in [0.2, 0.25) is 5.02 Å². The monoisotopic (exact) mass is 703 g/mol. The summed E-state index contributed by atoms with van der Waals surface area (Å²) < 4.78 is 71.2. The van der Waals surface area contributed by atoms with Crippen LogP contribution in [0.3, 0.4) is 0 Å². The third-order valence-electron chi connectivity index (χ3n) is 9.51. The standard InChI is InChI=1S/C32H30ClF4N7O3S/c1-14(19-4-3-8-42(19)2)47-32-40-25-22-26(46-11-10-44(30(22)41-32)15-7-9-43(13-15)31(45)28(36)37)23(33)21(24(25)35)16-5-6-18(34)27-20(16)17(12-38)29(39)48-27/h5-6,14-15,19,28H,3-4,7-11,13,39H2,1-2H3/t14-,15+,19-/m0/s1.